The predicted octanol–water partition coefficient (Wildman–Crippen LogP) is -0.155. The molecule has 1 rings (SSSR count). The van der Waals surface area contributed by atoms with E-state index < -0.39 is 0 Å². The summed E-state index contributed by atoms with van der Waals surface area (Å²) in [5.74, 6) is 2.36. The van der Waals surface area contributed by atoms with E-state index in [4.69, 9.17) is 11.2 Å². The van der Waals surface area contributed by atoms with E-state index in [1.165, 1.54) is 0 Å². The van der Waals surface area contributed by atoms with Crippen LogP contribution >= 0.6 is 0 Å². The maximum atomic E-state index is 11.4. The van der Waals surface area contributed by atoms with Gasteiger partial charge in [-0.3, -0.25) is 9.69 Å². The molecule has 0 aromatic heterocycles. The molecule has 0 bridgehead atoms. The van der Waals surface area contributed by atoms with Crippen LogP contribution < -0.4 is 5.32 Å². The first-order valence-corrected chi connectivity index (χ1v) is 5.19. The van der Waals surface area contributed by atoms with Crippen LogP contribution in [0.2, 0.25) is 0 Å². The minimum Gasteiger partial charge on any atom is -0.373 e. The Morgan fingerprint density at radius 2 is 2.13 bits per heavy atom. The van der Waals surface area contributed by atoms with Gasteiger partial charge in [0.2, 0.25) is 5.91 Å². The Morgan fingerprint density at radius 3 is 2.67 bits per heavy atom. The van der Waals surface area contributed by atoms with Crippen LogP contribution in [0, 0.1) is 12.3 Å². The summed E-state index contributed by atoms with van der Waals surface area (Å²) in [4.78, 5) is 13.5. The second-order valence-corrected chi connectivity index (χ2v) is 3.93. The molecule has 84 valence electrons. The van der Waals surface area contributed by atoms with Crippen LogP contribution in [0.5, 0.6) is 0 Å². The Labute approximate surface area is 91.0 Å². The van der Waals surface area contributed by atoms with Crippen molar-refractivity contribution in [3.8, 4) is 12.3 Å². The third kappa shape index (κ3) is 4.32. The quantitative estimate of drug-likeness (QED) is 0.658. The highest BCUT2D eigenvalue weighted by atomic mass is 16.5. The zero-order chi connectivity index (χ0) is 11.3. The third-order valence-electron chi connectivity index (χ3n) is 2.25. The highest BCUT2D eigenvalue weighted by Crippen LogP contribution is 2.09. The van der Waals surface area contributed by atoms with E-state index in [0.29, 0.717) is 13.1 Å². The summed E-state index contributed by atoms with van der Waals surface area (Å²) in [6, 6.07) is 0. The largest absolute Gasteiger partial charge is 0.373 e. The van der Waals surface area contributed by atoms with E-state index in [9.17, 15) is 4.79 Å². The van der Waals surface area contributed by atoms with Crippen molar-refractivity contribution in [2.75, 3.05) is 26.2 Å². The van der Waals surface area contributed by atoms with Crippen molar-refractivity contribution in [1.29, 1.82) is 0 Å². The number of carbonyl (C=O) groups excluding carboxylic acids is 1. The van der Waals surface area contributed by atoms with Crippen LogP contribution in [0.15, 0.2) is 0 Å². The first-order chi connectivity index (χ1) is 7.11. The molecule has 15 heavy (non-hydrogen) atoms. The molecule has 4 heteroatoms. The number of ether oxygens (including phenoxy) is 1. The first kappa shape index (κ1) is 12.0. The van der Waals surface area contributed by atoms with Crippen molar-refractivity contribution in [3.05, 3.63) is 0 Å². The van der Waals surface area contributed by atoms with Gasteiger partial charge in [-0.15, -0.1) is 6.42 Å². The highest BCUT2D eigenvalue weighted by Gasteiger charge is 2.23. The second-order valence-electron chi connectivity index (χ2n) is 3.93. The standard InChI is InChI=1S/C11H18N2O2/c1-4-5-12-11(14)8-13-6-9(2)15-10(3)7-13/h1,9-10H,5-8H2,2-3H3,(H,12,14)/t9-,10+. The van der Waals surface area contributed by atoms with E-state index in [-0.39, 0.29) is 18.1 Å². The van der Waals surface area contributed by atoms with Gasteiger partial charge < -0.3 is 10.1 Å². The van der Waals surface area contributed by atoms with Gasteiger partial charge in [0.25, 0.3) is 0 Å². The molecule has 0 radical (unpaired) electrons. The average Bonchev–Trinajstić information content (AvgIpc) is 2.13. The molecule has 4 nitrogen and oxygen atoms in total. The van der Waals surface area contributed by atoms with E-state index in [1.807, 2.05) is 13.8 Å². The zero-order valence-electron chi connectivity index (χ0n) is 9.32. The number of carbonyl (C=O) groups is 1. The number of nitrogens with zero attached hydrogens (tertiary/aromatic N) is 1. The first-order valence-electron chi connectivity index (χ1n) is 5.19. The number of hydrogen-bond acceptors (Lipinski definition) is 3. The maximum Gasteiger partial charge on any atom is 0.234 e. The van der Waals surface area contributed by atoms with Gasteiger partial charge >= 0.3 is 0 Å². The highest BCUT2D eigenvalue weighted by molar-refractivity contribution is 5.78. The summed E-state index contributed by atoms with van der Waals surface area (Å²) in [5, 5.41) is 2.65. The Bertz CT molecular complexity index is 250. The summed E-state index contributed by atoms with van der Waals surface area (Å²) in [6.45, 7) is 6.33. The molecule has 1 N–H and O–H groups in total. The molecule has 0 aliphatic carbocycles. The normalized spacial score (nSPS) is 27.0. The number of rotatable bonds is 3. The number of amides is 1. The molecule has 1 fully saturated rings. The second kappa shape index (κ2) is 5.74. The molecule has 1 saturated heterocycles. The van der Waals surface area contributed by atoms with Gasteiger partial charge in [-0.05, 0) is 13.8 Å². The zero-order valence-corrected chi connectivity index (χ0v) is 9.32. The van der Waals surface area contributed by atoms with Gasteiger partial charge in [-0.1, -0.05) is 5.92 Å². The van der Waals surface area contributed by atoms with Crippen LogP contribution in [-0.4, -0.2) is 49.2 Å². The van der Waals surface area contributed by atoms with Gasteiger partial charge in [0.15, 0.2) is 0 Å². The molecule has 0 aromatic rings. The van der Waals surface area contributed by atoms with E-state index >= 15 is 0 Å². The van der Waals surface area contributed by atoms with Crippen molar-refractivity contribution in [2.24, 2.45) is 0 Å². The van der Waals surface area contributed by atoms with E-state index in [2.05, 4.69) is 16.1 Å². The minimum atomic E-state index is -0.0192. The lowest BCUT2D eigenvalue weighted by molar-refractivity contribution is -0.125. The molecule has 1 aliphatic rings. The summed E-state index contributed by atoms with van der Waals surface area (Å²) < 4.78 is 5.57. The maximum absolute atomic E-state index is 11.4. The molecule has 1 heterocycles. The van der Waals surface area contributed by atoms with Crippen molar-refractivity contribution < 1.29 is 9.53 Å². The fourth-order valence-electron chi connectivity index (χ4n) is 1.82. The van der Waals surface area contributed by atoms with Gasteiger partial charge in [0.1, 0.15) is 0 Å². The van der Waals surface area contributed by atoms with Gasteiger partial charge in [-0.2, -0.15) is 0 Å². The summed E-state index contributed by atoms with van der Waals surface area (Å²) >= 11 is 0. The number of terminal acetylenes is 1. The van der Waals surface area contributed by atoms with Crippen LogP contribution in [0.25, 0.3) is 0 Å². The lowest BCUT2D eigenvalue weighted by Crippen LogP contribution is -2.49. The van der Waals surface area contributed by atoms with E-state index in [0.717, 1.165) is 13.1 Å². The van der Waals surface area contributed by atoms with Gasteiger partial charge in [-0.25, -0.2) is 0 Å². The molecule has 2 atom stereocenters. The van der Waals surface area contributed by atoms with Gasteiger partial charge in [0, 0.05) is 13.1 Å². The molecular formula is C11H18N2O2. The van der Waals surface area contributed by atoms with Crippen LogP contribution in [0.1, 0.15) is 13.8 Å². The fourth-order valence-corrected chi connectivity index (χ4v) is 1.82. The van der Waals surface area contributed by atoms with Crippen LogP contribution in [0.4, 0.5) is 0 Å². The Balaban J connectivity index is 2.31. The summed E-state index contributed by atoms with van der Waals surface area (Å²) in [6.07, 6.45) is 5.43. The molecule has 0 saturated carbocycles. The number of hydrogen-bond donors (Lipinski definition) is 1. The summed E-state index contributed by atoms with van der Waals surface area (Å²) in [5.41, 5.74) is 0. The summed E-state index contributed by atoms with van der Waals surface area (Å²) in [7, 11) is 0. The lowest BCUT2D eigenvalue weighted by Gasteiger charge is -2.34. The number of nitrogens with one attached hydrogen (secondary N) is 1. The van der Waals surface area contributed by atoms with Crippen LogP contribution in [-0.2, 0) is 9.53 Å². The Kier molecular flexibility index (Phi) is 4.60. The molecule has 0 aromatic carbocycles. The minimum absolute atomic E-state index is 0.0192. The fraction of sp³-hybridized carbons (Fsp3) is 0.727. The lowest BCUT2D eigenvalue weighted by atomic mass is 10.2. The monoisotopic (exact) mass is 210 g/mol. The van der Waals surface area contributed by atoms with Crippen molar-refractivity contribution >= 4 is 5.91 Å². The smallest absolute Gasteiger partial charge is 0.234 e. The van der Waals surface area contributed by atoms with Crippen molar-refractivity contribution in [1.82, 2.24) is 10.2 Å². The SMILES string of the molecule is C#CCNC(=O)CN1C[C@@H](C)O[C@@H](C)C1. The third-order valence-corrected chi connectivity index (χ3v) is 2.25. The van der Waals surface area contributed by atoms with Gasteiger partial charge in [0.05, 0.1) is 25.3 Å². The number of morpholine rings is 1. The Hall–Kier alpha value is -1.05. The van der Waals surface area contributed by atoms with Crippen molar-refractivity contribution in [3.63, 3.8) is 0 Å². The average molecular weight is 210 g/mol. The van der Waals surface area contributed by atoms with Crippen molar-refractivity contribution in [2.45, 2.75) is 26.1 Å². The van der Waals surface area contributed by atoms with E-state index in [1.54, 1.807) is 0 Å². The molecule has 1 aliphatic heterocycles. The molecular weight excluding hydrogens is 192 g/mol. The molecule has 0 spiro atoms. The molecule has 1 amide bonds. The molecule has 0 unspecified atom stereocenters. The predicted molar refractivity (Wildman–Crippen MR) is 58.3 cm³/mol. The topological polar surface area (TPSA) is 41.6 Å². The van der Waals surface area contributed by atoms with Crippen LogP contribution in [0.3, 0.4) is 0 Å². The Morgan fingerprint density at radius 1 is 1.53 bits per heavy atom.